The number of nitrogens with two attached hydrogens (primary N) is 1. The first-order chi connectivity index (χ1) is 9.67. The second-order valence-electron chi connectivity index (χ2n) is 4.24. The minimum absolute atomic E-state index is 0.271. The van der Waals surface area contributed by atoms with Gasteiger partial charge in [0.05, 0.1) is 12.6 Å². The molecule has 1 atom stereocenters. The van der Waals surface area contributed by atoms with Gasteiger partial charge in [0.15, 0.2) is 0 Å². The molecule has 3 N–H and O–H groups in total. The predicted molar refractivity (Wildman–Crippen MR) is 83.2 cm³/mol. The van der Waals surface area contributed by atoms with Crippen LogP contribution in [0.3, 0.4) is 0 Å². The van der Waals surface area contributed by atoms with Gasteiger partial charge in [0.25, 0.3) is 0 Å². The van der Waals surface area contributed by atoms with Crippen LogP contribution in [0.2, 0.25) is 10.0 Å². The van der Waals surface area contributed by atoms with Gasteiger partial charge < -0.3 is 4.74 Å². The third kappa shape index (κ3) is 3.25. The fraction of sp³-hybridized carbons (Fsp3) is 0.200. The van der Waals surface area contributed by atoms with Crippen LogP contribution >= 0.6 is 23.2 Å². The molecule has 20 heavy (non-hydrogen) atoms. The van der Waals surface area contributed by atoms with Gasteiger partial charge in [0, 0.05) is 15.6 Å². The van der Waals surface area contributed by atoms with Gasteiger partial charge in [-0.3, -0.25) is 5.84 Å². The molecule has 0 spiro atoms. The first-order valence-electron chi connectivity index (χ1n) is 6.30. The molecule has 0 saturated carbocycles. The van der Waals surface area contributed by atoms with Crippen molar-refractivity contribution in [3.8, 4) is 5.75 Å². The van der Waals surface area contributed by atoms with E-state index in [1.54, 1.807) is 18.2 Å². The summed E-state index contributed by atoms with van der Waals surface area (Å²) in [6, 6.07) is 12.8. The highest BCUT2D eigenvalue weighted by atomic mass is 35.5. The van der Waals surface area contributed by atoms with E-state index in [0.29, 0.717) is 16.7 Å². The molecule has 1 unspecified atom stereocenters. The molecule has 2 aromatic carbocycles. The fourth-order valence-corrected chi connectivity index (χ4v) is 2.67. The van der Waals surface area contributed by atoms with E-state index in [-0.39, 0.29) is 6.04 Å². The fourth-order valence-electron chi connectivity index (χ4n) is 2.06. The number of halogens is 2. The standard InChI is InChI=1S/C15H16Cl2N2O/c1-2-20-11-8-6-10(7-9-11)15(19-18)14-12(16)4-3-5-13(14)17/h3-9,15,19H,2,18H2,1H3. The van der Waals surface area contributed by atoms with Crippen LogP contribution in [0.4, 0.5) is 0 Å². The molecule has 106 valence electrons. The number of benzene rings is 2. The summed E-state index contributed by atoms with van der Waals surface area (Å²) in [6.45, 7) is 2.58. The zero-order valence-corrected chi connectivity index (χ0v) is 12.6. The molecule has 0 bridgehead atoms. The molecule has 5 heteroatoms. The van der Waals surface area contributed by atoms with Crippen molar-refractivity contribution in [3.63, 3.8) is 0 Å². The van der Waals surface area contributed by atoms with Crippen LogP contribution in [0.25, 0.3) is 0 Å². The van der Waals surface area contributed by atoms with E-state index in [1.807, 2.05) is 31.2 Å². The van der Waals surface area contributed by atoms with Crippen molar-refractivity contribution in [3.05, 3.63) is 63.6 Å². The maximum atomic E-state index is 6.23. The zero-order chi connectivity index (χ0) is 14.5. The maximum absolute atomic E-state index is 6.23. The second-order valence-corrected chi connectivity index (χ2v) is 5.05. The van der Waals surface area contributed by atoms with Crippen LogP contribution < -0.4 is 16.0 Å². The van der Waals surface area contributed by atoms with Gasteiger partial charge in [-0.25, -0.2) is 5.43 Å². The van der Waals surface area contributed by atoms with Crippen molar-refractivity contribution >= 4 is 23.2 Å². The van der Waals surface area contributed by atoms with Gasteiger partial charge in [-0.1, -0.05) is 41.4 Å². The highest BCUT2D eigenvalue weighted by Crippen LogP contribution is 2.34. The third-order valence-electron chi connectivity index (χ3n) is 2.98. The van der Waals surface area contributed by atoms with E-state index in [4.69, 9.17) is 33.8 Å². The monoisotopic (exact) mass is 310 g/mol. The molecular weight excluding hydrogens is 295 g/mol. The lowest BCUT2D eigenvalue weighted by atomic mass is 9.99. The van der Waals surface area contributed by atoms with E-state index in [2.05, 4.69) is 5.43 Å². The SMILES string of the molecule is CCOc1ccc(C(NN)c2c(Cl)cccc2Cl)cc1. The number of hydrazine groups is 1. The number of rotatable bonds is 5. The van der Waals surface area contributed by atoms with Crippen molar-refractivity contribution in [2.75, 3.05) is 6.61 Å². The van der Waals surface area contributed by atoms with E-state index < -0.39 is 0 Å². The Kier molecular flexibility index (Phi) is 5.26. The Morgan fingerprint density at radius 1 is 1.10 bits per heavy atom. The Morgan fingerprint density at radius 3 is 2.20 bits per heavy atom. The van der Waals surface area contributed by atoms with Crippen molar-refractivity contribution in [2.45, 2.75) is 13.0 Å². The third-order valence-corrected chi connectivity index (χ3v) is 3.64. The van der Waals surface area contributed by atoms with Crippen LogP contribution in [0.1, 0.15) is 24.1 Å². The minimum atomic E-state index is -0.271. The Bertz CT molecular complexity index is 552. The topological polar surface area (TPSA) is 47.3 Å². The zero-order valence-electron chi connectivity index (χ0n) is 11.1. The minimum Gasteiger partial charge on any atom is -0.494 e. The first kappa shape index (κ1) is 15.1. The smallest absolute Gasteiger partial charge is 0.119 e. The first-order valence-corrected chi connectivity index (χ1v) is 7.05. The van der Waals surface area contributed by atoms with Crippen LogP contribution in [0, 0.1) is 0 Å². The molecule has 0 saturated heterocycles. The van der Waals surface area contributed by atoms with E-state index in [9.17, 15) is 0 Å². The van der Waals surface area contributed by atoms with Gasteiger partial charge in [-0.15, -0.1) is 0 Å². The van der Waals surface area contributed by atoms with Crippen LogP contribution in [-0.2, 0) is 0 Å². The normalized spacial score (nSPS) is 12.2. The molecule has 2 aromatic rings. The van der Waals surface area contributed by atoms with E-state index >= 15 is 0 Å². The molecule has 0 radical (unpaired) electrons. The molecule has 0 aromatic heterocycles. The van der Waals surface area contributed by atoms with Gasteiger partial charge >= 0.3 is 0 Å². The second kappa shape index (κ2) is 6.95. The molecule has 3 nitrogen and oxygen atoms in total. The number of hydrogen-bond donors (Lipinski definition) is 2. The van der Waals surface area contributed by atoms with Crippen molar-refractivity contribution in [2.24, 2.45) is 5.84 Å². The van der Waals surface area contributed by atoms with Gasteiger partial charge in [-0.2, -0.15) is 0 Å². The summed E-state index contributed by atoms with van der Waals surface area (Å²) in [5.74, 6) is 6.49. The van der Waals surface area contributed by atoms with Crippen LogP contribution in [-0.4, -0.2) is 6.61 Å². The Balaban J connectivity index is 2.37. The Hall–Kier alpha value is -1.26. The Morgan fingerprint density at radius 2 is 1.70 bits per heavy atom. The average molecular weight is 311 g/mol. The van der Waals surface area contributed by atoms with Crippen LogP contribution in [0.15, 0.2) is 42.5 Å². The summed E-state index contributed by atoms with van der Waals surface area (Å²) in [5, 5.41) is 1.16. The number of hydrogen-bond acceptors (Lipinski definition) is 3. The van der Waals surface area contributed by atoms with E-state index in [1.165, 1.54) is 0 Å². The molecular formula is C15H16Cl2N2O. The van der Waals surface area contributed by atoms with Gasteiger partial charge in [0.1, 0.15) is 5.75 Å². The highest BCUT2D eigenvalue weighted by Gasteiger charge is 2.18. The summed E-state index contributed by atoms with van der Waals surface area (Å²) >= 11 is 12.5. The average Bonchev–Trinajstić information content (AvgIpc) is 2.45. The summed E-state index contributed by atoms with van der Waals surface area (Å²) in [7, 11) is 0. The number of ether oxygens (including phenoxy) is 1. The predicted octanol–water partition coefficient (Wildman–Crippen LogP) is 3.94. The lowest BCUT2D eigenvalue weighted by Gasteiger charge is -2.20. The summed E-state index contributed by atoms with van der Waals surface area (Å²) < 4.78 is 5.42. The molecule has 0 aliphatic carbocycles. The van der Waals surface area contributed by atoms with Gasteiger partial charge in [0.2, 0.25) is 0 Å². The molecule has 0 amide bonds. The molecule has 0 aliphatic heterocycles. The largest absolute Gasteiger partial charge is 0.494 e. The maximum Gasteiger partial charge on any atom is 0.119 e. The quantitative estimate of drug-likeness (QED) is 0.649. The van der Waals surface area contributed by atoms with Crippen LogP contribution in [0.5, 0.6) is 5.75 Å². The lowest BCUT2D eigenvalue weighted by Crippen LogP contribution is -2.29. The molecule has 0 aliphatic rings. The summed E-state index contributed by atoms with van der Waals surface area (Å²) in [6.07, 6.45) is 0. The van der Waals surface area contributed by atoms with E-state index in [0.717, 1.165) is 16.9 Å². The molecule has 0 fully saturated rings. The molecule has 0 heterocycles. The summed E-state index contributed by atoms with van der Waals surface area (Å²) in [5.41, 5.74) is 4.49. The van der Waals surface area contributed by atoms with Crippen molar-refractivity contribution < 1.29 is 4.74 Å². The molecule has 2 rings (SSSR count). The Labute approximate surface area is 128 Å². The highest BCUT2D eigenvalue weighted by molar-refractivity contribution is 6.36. The summed E-state index contributed by atoms with van der Waals surface area (Å²) in [4.78, 5) is 0. The lowest BCUT2D eigenvalue weighted by molar-refractivity contribution is 0.340. The van der Waals surface area contributed by atoms with Gasteiger partial charge in [-0.05, 0) is 36.8 Å². The number of nitrogens with one attached hydrogen (secondary N) is 1. The van der Waals surface area contributed by atoms with Crippen molar-refractivity contribution in [1.29, 1.82) is 0 Å². The van der Waals surface area contributed by atoms with Crippen molar-refractivity contribution in [1.82, 2.24) is 5.43 Å².